The molecule has 1 amide bonds. The van der Waals surface area contributed by atoms with Gasteiger partial charge in [0, 0.05) is 0 Å². The number of amides is 1. The van der Waals surface area contributed by atoms with Gasteiger partial charge in [0.05, 0.1) is 6.04 Å². The van der Waals surface area contributed by atoms with Crippen molar-refractivity contribution in [2.45, 2.75) is 60.6 Å². The van der Waals surface area contributed by atoms with Crippen LogP contribution in [0.2, 0.25) is 0 Å². The SMILES string of the molecule is Cc1ccc(C)c(O[C@@H](C)C(=O)N[C@H](C)c2cc(C)c(C)cc2C)c1. The standard InChI is InChI=1S/C22H29NO2/c1-13-8-9-14(2)21(10-13)25-19(7)22(24)23-18(6)20-12-16(4)15(3)11-17(20)5/h8-12,18-19H,1-7H3,(H,23,24)/t18-,19+/m1/s1. The van der Waals surface area contributed by atoms with E-state index >= 15 is 0 Å². The summed E-state index contributed by atoms with van der Waals surface area (Å²) >= 11 is 0. The number of benzene rings is 2. The van der Waals surface area contributed by atoms with Gasteiger partial charge in [0.2, 0.25) is 0 Å². The summed E-state index contributed by atoms with van der Waals surface area (Å²) in [6.07, 6.45) is -0.546. The number of nitrogens with one attached hydrogen (secondary N) is 1. The Labute approximate surface area is 151 Å². The molecule has 0 heterocycles. The fourth-order valence-corrected chi connectivity index (χ4v) is 2.94. The van der Waals surface area contributed by atoms with Gasteiger partial charge in [0.15, 0.2) is 6.10 Å². The van der Waals surface area contributed by atoms with Gasteiger partial charge in [-0.15, -0.1) is 0 Å². The van der Waals surface area contributed by atoms with Gasteiger partial charge in [-0.25, -0.2) is 0 Å². The topological polar surface area (TPSA) is 38.3 Å². The number of carbonyl (C=O) groups is 1. The number of hydrogen-bond donors (Lipinski definition) is 1. The molecule has 0 spiro atoms. The van der Waals surface area contributed by atoms with Gasteiger partial charge in [0.1, 0.15) is 5.75 Å². The number of carbonyl (C=O) groups excluding carboxylic acids is 1. The van der Waals surface area contributed by atoms with Crippen LogP contribution in [0, 0.1) is 34.6 Å². The summed E-state index contributed by atoms with van der Waals surface area (Å²) in [7, 11) is 0. The van der Waals surface area contributed by atoms with Crippen LogP contribution in [0.3, 0.4) is 0 Å². The molecular formula is C22H29NO2. The Morgan fingerprint density at radius 2 is 1.52 bits per heavy atom. The third kappa shape index (κ3) is 4.62. The molecule has 0 bridgehead atoms. The van der Waals surface area contributed by atoms with Crippen molar-refractivity contribution in [1.82, 2.24) is 5.32 Å². The lowest BCUT2D eigenvalue weighted by atomic mass is 9.96. The zero-order valence-corrected chi connectivity index (χ0v) is 16.4. The van der Waals surface area contributed by atoms with Gasteiger partial charge in [-0.05, 0) is 87.9 Å². The first-order chi connectivity index (χ1) is 11.7. The predicted octanol–water partition coefficient (Wildman–Crippen LogP) is 4.87. The zero-order chi connectivity index (χ0) is 18.7. The Kier molecular flexibility index (Phi) is 5.89. The Hall–Kier alpha value is -2.29. The number of hydrogen-bond acceptors (Lipinski definition) is 2. The quantitative estimate of drug-likeness (QED) is 0.843. The highest BCUT2D eigenvalue weighted by atomic mass is 16.5. The van der Waals surface area contributed by atoms with Crippen molar-refractivity contribution >= 4 is 5.91 Å². The van der Waals surface area contributed by atoms with E-state index in [4.69, 9.17) is 4.74 Å². The highest BCUT2D eigenvalue weighted by molar-refractivity contribution is 5.81. The van der Waals surface area contributed by atoms with Crippen molar-refractivity contribution in [2.24, 2.45) is 0 Å². The van der Waals surface area contributed by atoms with Gasteiger partial charge in [-0.3, -0.25) is 4.79 Å². The third-order valence-electron chi connectivity index (χ3n) is 4.72. The minimum absolute atomic E-state index is 0.0588. The smallest absolute Gasteiger partial charge is 0.261 e. The molecule has 0 radical (unpaired) electrons. The van der Waals surface area contributed by atoms with Crippen molar-refractivity contribution in [2.75, 3.05) is 0 Å². The second-order valence-corrected chi connectivity index (χ2v) is 7.05. The first kappa shape index (κ1) is 19.0. The Morgan fingerprint density at radius 3 is 2.20 bits per heavy atom. The highest BCUT2D eigenvalue weighted by Crippen LogP contribution is 2.23. The molecule has 134 valence electrons. The van der Waals surface area contributed by atoms with Gasteiger partial charge < -0.3 is 10.1 Å². The molecule has 2 rings (SSSR count). The van der Waals surface area contributed by atoms with E-state index in [1.807, 2.05) is 39.0 Å². The van der Waals surface area contributed by atoms with Crippen LogP contribution in [-0.2, 0) is 4.79 Å². The maximum Gasteiger partial charge on any atom is 0.261 e. The summed E-state index contributed by atoms with van der Waals surface area (Å²) in [6.45, 7) is 14.1. The fourth-order valence-electron chi connectivity index (χ4n) is 2.94. The van der Waals surface area contributed by atoms with Crippen LogP contribution in [0.25, 0.3) is 0 Å². The van der Waals surface area contributed by atoms with Gasteiger partial charge >= 0.3 is 0 Å². The molecule has 25 heavy (non-hydrogen) atoms. The fraction of sp³-hybridized carbons (Fsp3) is 0.409. The lowest BCUT2D eigenvalue weighted by Gasteiger charge is -2.22. The Balaban J connectivity index is 2.08. The molecule has 0 aliphatic heterocycles. The Bertz CT molecular complexity index is 780. The van der Waals surface area contributed by atoms with E-state index < -0.39 is 6.10 Å². The molecule has 2 atom stereocenters. The van der Waals surface area contributed by atoms with Gasteiger partial charge in [-0.2, -0.15) is 0 Å². The predicted molar refractivity (Wildman–Crippen MR) is 103 cm³/mol. The van der Waals surface area contributed by atoms with E-state index in [2.05, 4.69) is 38.2 Å². The normalized spacial score (nSPS) is 13.2. The lowest BCUT2D eigenvalue weighted by Crippen LogP contribution is -2.38. The van der Waals surface area contributed by atoms with E-state index in [1.54, 1.807) is 6.92 Å². The van der Waals surface area contributed by atoms with E-state index in [9.17, 15) is 4.79 Å². The maximum absolute atomic E-state index is 12.6. The summed E-state index contributed by atoms with van der Waals surface area (Å²) < 4.78 is 5.89. The second kappa shape index (κ2) is 7.73. The Morgan fingerprint density at radius 1 is 0.880 bits per heavy atom. The van der Waals surface area contributed by atoms with Crippen LogP contribution >= 0.6 is 0 Å². The minimum atomic E-state index is -0.546. The van der Waals surface area contributed by atoms with Crippen molar-refractivity contribution < 1.29 is 9.53 Å². The average Bonchev–Trinajstić information content (AvgIpc) is 2.54. The highest BCUT2D eigenvalue weighted by Gasteiger charge is 2.19. The van der Waals surface area contributed by atoms with E-state index in [0.29, 0.717) is 0 Å². The molecule has 0 unspecified atom stereocenters. The first-order valence-electron chi connectivity index (χ1n) is 8.81. The largest absolute Gasteiger partial charge is 0.481 e. The summed E-state index contributed by atoms with van der Waals surface area (Å²) in [6, 6.07) is 10.3. The first-order valence-corrected chi connectivity index (χ1v) is 8.81. The van der Waals surface area contributed by atoms with E-state index in [0.717, 1.165) is 22.4 Å². The molecule has 3 heteroatoms. The van der Waals surface area contributed by atoms with E-state index in [-0.39, 0.29) is 11.9 Å². The molecule has 0 aliphatic carbocycles. The molecule has 3 nitrogen and oxygen atoms in total. The molecule has 0 aliphatic rings. The van der Waals surface area contributed by atoms with Crippen molar-refractivity contribution in [3.05, 3.63) is 63.7 Å². The van der Waals surface area contributed by atoms with Crippen molar-refractivity contribution in [1.29, 1.82) is 0 Å². The third-order valence-corrected chi connectivity index (χ3v) is 4.72. The molecule has 0 saturated heterocycles. The number of ether oxygens (including phenoxy) is 1. The molecule has 2 aromatic carbocycles. The average molecular weight is 339 g/mol. The van der Waals surface area contributed by atoms with Gasteiger partial charge in [0.25, 0.3) is 5.91 Å². The van der Waals surface area contributed by atoms with Crippen LogP contribution in [-0.4, -0.2) is 12.0 Å². The number of rotatable bonds is 5. The van der Waals surface area contributed by atoms with Crippen LogP contribution in [0.1, 0.15) is 53.3 Å². The number of aryl methyl sites for hydroxylation is 5. The van der Waals surface area contributed by atoms with Crippen molar-refractivity contribution in [3.8, 4) is 5.75 Å². The zero-order valence-electron chi connectivity index (χ0n) is 16.4. The minimum Gasteiger partial charge on any atom is -0.481 e. The molecule has 0 fully saturated rings. The molecule has 0 saturated carbocycles. The van der Waals surface area contributed by atoms with Crippen LogP contribution < -0.4 is 10.1 Å². The summed E-state index contributed by atoms with van der Waals surface area (Å²) in [5.74, 6) is 0.656. The van der Waals surface area contributed by atoms with Crippen LogP contribution in [0.5, 0.6) is 5.75 Å². The van der Waals surface area contributed by atoms with E-state index in [1.165, 1.54) is 16.7 Å². The molecule has 1 N–H and O–H groups in total. The second-order valence-electron chi connectivity index (χ2n) is 7.05. The molecule has 2 aromatic rings. The molecule has 0 aromatic heterocycles. The summed E-state index contributed by atoms with van der Waals surface area (Å²) in [5.41, 5.74) is 7.00. The lowest BCUT2D eigenvalue weighted by molar-refractivity contribution is -0.127. The maximum atomic E-state index is 12.6. The van der Waals surface area contributed by atoms with Crippen LogP contribution in [0.4, 0.5) is 0 Å². The summed E-state index contributed by atoms with van der Waals surface area (Å²) in [5, 5.41) is 3.07. The van der Waals surface area contributed by atoms with Gasteiger partial charge in [-0.1, -0.05) is 24.3 Å². The van der Waals surface area contributed by atoms with Crippen molar-refractivity contribution in [3.63, 3.8) is 0 Å². The molecular weight excluding hydrogens is 310 g/mol. The summed E-state index contributed by atoms with van der Waals surface area (Å²) in [4.78, 5) is 12.6. The van der Waals surface area contributed by atoms with Crippen LogP contribution in [0.15, 0.2) is 30.3 Å². The monoisotopic (exact) mass is 339 g/mol.